The molecule has 1 aliphatic rings. The lowest BCUT2D eigenvalue weighted by Gasteiger charge is -2.20. The summed E-state index contributed by atoms with van der Waals surface area (Å²) in [5.74, 6) is 0.795. The SMILES string of the molecule is CCOC(=O)[C@@H]1CCC[C@@H]1NCCC(C)C. The van der Waals surface area contributed by atoms with Gasteiger partial charge in [0.15, 0.2) is 0 Å². The largest absolute Gasteiger partial charge is 0.466 e. The van der Waals surface area contributed by atoms with Crippen molar-refractivity contribution in [3.63, 3.8) is 0 Å². The van der Waals surface area contributed by atoms with Crippen molar-refractivity contribution in [2.24, 2.45) is 11.8 Å². The molecule has 0 radical (unpaired) electrons. The molecule has 94 valence electrons. The predicted octanol–water partition coefficient (Wildman–Crippen LogP) is 2.35. The van der Waals surface area contributed by atoms with E-state index in [0.29, 0.717) is 12.6 Å². The first-order chi connectivity index (χ1) is 7.65. The molecule has 16 heavy (non-hydrogen) atoms. The van der Waals surface area contributed by atoms with E-state index in [2.05, 4.69) is 19.2 Å². The van der Waals surface area contributed by atoms with Gasteiger partial charge in [-0.3, -0.25) is 4.79 Å². The van der Waals surface area contributed by atoms with Crippen molar-refractivity contribution in [3.8, 4) is 0 Å². The van der Waals surface area contributed by atoms with Gasteiger partial charge in [0, 0.05) is 6.04 Å². The number of hydrogen-bond acceptors (Lipinski definition) is 3. The Kier molecular flexibility index (Phi) is 5.81. The lowest BCUT2D eigenvalue weighted by molar-refractivity contribution is -0.148. The molecule has 0 aromatic heterocycles. The Bertz CT molecular complexity index is 216. The normalized spacial score (nSPS) is 25.0. The summed E-state index contributed by atoms with van der Waals surface area (Å²) < 4.78 is 5.10. The second-order valence-electron chi connectivity index (χ2n) is 5.03. The number of ether oxygens (including phenoxy) is 1. The molecule has 0 unspecified atom stereocenters. The second-order valence-corrected chi connectivity index (χ2v) is 5.03. The highest BCUT2D eigenvalue weighted by molar-refractivity contribution is 5.73. The lowest BCUT2D eigenvalue weighted by Crippen LogP contribution is -2.38. The lowest BCUT2D eigenvalue weighted by atomic mass is 10.0. The van der Waals surface area contributed by atoms with Crippen LogP contribution in [0.1, 0.15) is 46.5 Å². The maximum Gasteiger partial charge on any atom is 0.310 e. The van der Waals surface area contributed by atoms with Gasteiger partial charge in [0.05, 0.1) is 12.5 Å². The van der Waals surface area contributed by atoms with Crippen molar-refractivity contribution in [2.75, 3.05) is 13.2 Å². The number of esters is 1. The Hall–Kier alpha value is -0.570. The fraction of sp³-hybridized carbons (Fsp3) is 0.923. The number of rotatable bonds is 6. The van der Waals surface area contributed by atoms with Gasteiger partial charge < -0.3 is 10.1 Å². The highest BCUT2D eigenvalue weighted by atomic mass is 16.5. The molecule has 2 atom stereocenters. The fourth-order valence-corrected chi connectivity index (χ4v) is 2.29. The number of carbonyl (C=O) groups excluding carboxylic acids is 1. The van der Waals surface area contributed by atoms with Gasteiger partial charge in [-0.25, -0.2) is 0 Å². The summed E-state index contributed by atoms with van der Waals surface area (Å²) in [4.78, 5) is 11.7. The van der Waals surface area contributed by atoms with E-state index in [1.165, 1.54) is 6.42 Å². The maximum absolute atomic E-state index is 11.7. The third-order valence-corrected chi connectivity index (χ3v) is 3.23. The third kappa shape index (κ3) is 4.12. The van der Waals surface area contributed by atoms with Crippen molar-refractivity contribution in [2.45, 2.75) is 52.5 Å². The standard InChI is InChI=1S/C13H25NO2/c1-4-16-13(15)11-6-5-7-12(11)14-9-8-10(2)3/h10-12,14H,4-9H2,1-3H3/t11-,12+/m1/s1. The summed E-state index contributed by atoms with van der Waals surface area (Å²) in [6.07, 6.45) is 4.41. The molecule has 1 saturated carbocycles. The fourth-order valence-electron chi connectivity index (χ4n) is 2.29. The zero-order valence-corrected chi connectivity index (χ0v) is 10.8. The average molecular weight is 227 g/mol. The van der Waals surface area contributed by atoms with Gasteiger partial charge in [0.2, 0.25) is 0 Å². The molecule has 0 aromatic rings. The summed E-state index contributed by atoms with van der Waals surface area (Å²) in [7, 11) is 0. The van der Waals surface area contributed by atoms with Crippen LogP contribution < -0.4 is 5.32 Å². The maximum atomic E-state index is 11.7. The van der Waals surface area contributed by atoms with E-state index < -0.39 is 0 Å². The minimum atomic E-state index is -0.0120. The van der Waals surface area contributed by atoms with Crippen LogP contribution in [0.25, 0.3) is 0 Å². The van der Waals surface area contributed by atoms with E-state index in [1.54, 1.807) is 0 Å². The highest BCUT2D eigenvalue weighted by Gasteiger charge is 2.33. The Morgan fingerprint density at radius 3 is 2.81 bits per heavy atom. The van der Waals surface area contributed by atoms with Crippen LogP contribution in [-0.4, -0.2) is 25.2 Å². The van der Waals surface area contributed by atoms with Crippen LogP contribution in [0.4, 0.5) is 0 Å². The Labute approximate surface area is 98.9 Å². The van der Waals surface area contributed by atoms with E-state index in [9.17, 15) is 4.79 Å². The Morgan fingerprint density at radius 1 is 1.44 bits per heavy atom. The van der Waals surface area contributed by atoms with Gasteiger partial charge in [-0.2, -0.15) is 0 Å². The molecule has 0 bridgehead atoms. The van der Waals surface area contributed by atoms with E-state index in [0.717, 1.165) is 31.7 Å². The smallest absolute Gasteiger partial charge is 0.310 e. The molecule has 1 N–H and O–H groups in total. The Morgan fingerprint density at radius 2 is 2.19 bits per heavy atom. The summed E-state index contributed by atoms with van der Waals surface area (Å²) in [5, 5.41) is 3.50. The molecule has 0 aliphatic heterocycles. The molecule has 0 amide bonds. The molecule has 1 rings (SSSR count). The number of carbonyl (C=O) groups is 1. The third-order valence-electron chi connectivity index (χ3n) is 3.23. The van der Waals surface area contributed by atoms with Crippen molar-refractivity contribution in [3.05, 3.63) is 0 Å². The number of nitrogens with one attached hydrogen (secondary N) is 1. The van der Waals surface area contributed by atoms with Crippen LogP contribution in [0.5, 0.6) is 0 Å². The van der Waals surface area contributed by atoms with Gasteiger partial charge in [-0.1, -0.05) is 20.3 Å². The highest BCUT2D eigenvalue weighted by Crippen LogP contribution is 2.26. The predicted molar refractivity (Wildman–Crippen MR) is 65.2 cm³/mol. The van der Waals surface area contributed by atoms with Crippen LogP contribution in [0.15, 0.2) is 0 Å². The van der Waals surface area contributed by atoms with E-state index in [4.69, 9.17) is 4.74 Å². The molecule has 0 aromatic carbocycles. The van der Waals surface area contributed by atoms with Gasteiger partial charge in [0.1, 0.15) is 0 Å². The van der Waals surface area contributed by atoms with Crippen LogP contribution >= 0.6 is 0 Å². The summed E-state index contributed by atoms with van der Waals surface area (Å²) in [6.45, 7) is 7.82. The van der Waals surface area contributed by atoms with Gasteiger partial charge in [0.25, 0.3) is 0 Å². The average Bonchev–Trinajstić information content (AvgIpc) is 2.66. The minimum absolute atomic E-state index is 0.0120. The molecule has 3 heteroatoms. The van der Waals surface area contributed by atoms with Crippen LogP contribution in [0.3, 0.4) is 0 Å². The van der Waals surface area contributed by atoms with Crippen molar-refractivity contribution in [1.82, 2.24) is 5.32 Å². The van der Waals surface area contributed by atoms with Crippen LogP contribution in [0.2, 0.25) is 0 Å². The topological polar surface area (TPSA) is 38.3 Å². The zero-order chi connectivity index (χ0) is 12.0. The molecular formula is C13H25NO2. The van der Waals surface area contributed by atoms with E-state index in [-0.39, 0.29) is 11.9 Å². The first kappa shape index (κ1) is 13.5. The molecule has 0 heterocycles. The summed E-state index contributed by atoms with van der Waals surface area (Å²) in [5.41, 5.74) is 0. The molecule has 1 aliphatic carbocycles. The van der Waals surface area contributed by atoms with Crippen LogP contribution in [-0.2, 0) is 9.53 Å². The van der Waals surface area contributed by atoms with Gasteiger partial charge >= 0.3 is 5.97 Å². The van der Waals surface area contributed by atoms with Crippen molar-refractivity contribution in [1.29, 1.82) is 0 Å². The van der Waals surface area contributed by atoms with Gasteiger partial charge in [-0.05, 0) is 38.6 Å². The monoisotopic (exact) mass is 227 g/mol. The quantitative estimate of drug-likeness (QED) is 0.708. The molecule has 0 saturated heterocycles. The van der Waals surface area contributed by atoms with Crippen molar-refractivity contribution < 1.29 is 9.53 Å². The zero-order valence-electron chi connectivity index (χ0n) is 10.8. The molecule has 3 nitrogen and oxygen atoms in total. The van der Waals surface area contributed by atoms with Gasteiger partial charge in [-0.15, -0.1) is 0 Å². The molecule has 0 spiro atoms. The minimum Gasteiger partial charge on any atom is -0.466 e. The second kappa shape index (κ2) is 6.89. The Balaban J connectivity index is 2.31. The van der Waals surface area contributed by atoms with E-state index in [1.807, 2.05) is 6.92 Å². The first-order valence-corrected chi connectivity index (χ1v) is 6.55. The summed E-state index contributed by atoms with van der Waals surface area (Å²) in [6, 6.07) is 0.345. The number of hydrogen-bond donors (Lipinski definition) is 1. The summed E-state index contributed by atoms with van der Waals surface area (Å²) >= 11 is 0. The van der Waals surface area contributed by atoms with E-state index >= 15 is 0 Å². The van der Waals surface area contributed by atoms with Crippen LogP contribution in [0, 0.1) is 11.8 Å². The molecular weight excluding hydrogens is 202 g/mol. The molecule has 1 fully saturated rings. The first-order valence-electron chi connectivity index (χ1n) is 6.55. The van der Waals surface area contributed by atoms with Crippen molar-refractivity contribution >= 4 is 5.97 Å².